The summed E-state index contributed by atoms with van der Waals surface area (Å²) < 4.78 is 0. The van der Waals surface area contributed by atoms with Crippen molar-refractivity contribution in [1.29, 1.82) is 0 Å². The smallest absolute Gasteiger partial charge is 0.176 e. The molecule has 0 amide bonds. The first-order chi connectivity index (χ1) is 9.72. The molecule has 1 N–H and O–H groups in total. The molecule has 1 saturated carbocycles. The number of aromatic nitrogens is 4. The highest BCUT2D eigenvalue weighted by Gasteiger charge is 2.27. The minimum atomic E-state index is 0.511. The maximum absolute atomic E-state index is 4.34. The van der Waals surface area contributed by atoms with Gasteiger partial charge in [0.2, 0.25) is 0 Å². The van der Waals surface area contributed by atoms with Crippen LogP contribution >= 0.6 is 0 Å². The Hall–Kier alpha value is -0.970. The highest BCUT2D eigenvalue weighted by molar-refractivity contribution is 4.90. The molecule has 1 unspecified atom stereocenters. The summed E-state index contributed by atoms with van der Waals surface area (Å²) in [6.45, 7) is 5.62. The maximum Gasteiger partial charge on any atom is 0.176 e. The predicted molar refractivity (Wildman–Crippen MR) is 80.3 cm³/mol. The monoisotopic (exact) mass is 279 g/mol. The predicted octanol–water partition coefficient (Wildman–Crippen LogP) is 2.34. The van der Waals surface area contributed by atoms with Crippen LogP contribution in [0.2, 0.25) is 0 Å². The number of hydrogen-bond acceptors (Lipinski definition) is 4. The van der Waals surface area contributed by atoms with Gasteiger partial charge in [-0.1, -0.05) is 33.1 Å². The Balaban J connectivity index is 1.92. The van der Waals surface area contributed by atoms with E-state index in [-0.39, 0.29) is 0 Å². The Bertz CT molecular complexity index is 381. The summed E-state index contributed by atoms with van der Waals surface area (Å²) in [6.07, 6.45) is 8.90. The lowest BCUT2D eigenvalue weighted by molar-refractivity contribution is 0.215. The molecule has 1 fully saturated rings. The van der Waals surface area contributed by atoms with Crippen LogP contribution in [0.4, 0.5) is 0 Å². The second kappa shape index (κ2) is 7.72. The Morgan fingerprint density at radius 2 is 2.00 bits per heavy atom. The molecule has 0 bridgehead atoms. The molecule has 1 aliphatic carbocycles. The van der Waals surface area contributed by atoms with Gasteiger partial charge in [-0.05, 0) is 42.9 Å². The third-order valence-electron chi connectivity index (χ3n) is 4.65. The number of tetrazole rings is 1. The second-order valence-corrected chi connectivity index (χ2v) is 6.15. The molecule has 114 valence electrons. The molecule has 0 radical (unpaired) electrons. The largest absolute Gasteiger partial charge is 0.313 e. The SMILES string of the molecule is CCCNC(Cc1nnn(C)n1)C1CCC(CC)CC1. The van der Waals surface area contributed by atoms with Crippen LogP contribution in [0.3, 0.4) is 0 Å². The lowest BCUT2D eigenvalue weighted by Crippen LogP contribution is -2.40. The average Bonchev–Trinajstić information content (AvgIpc) is 2.89. The summed E-state index contributed by atoms with van der Waals surface area (Å²) in [5, 5.41) is 16.2. The van der Waals surface area contributed by atoms with Crippen LogP contribution in [0.5, 0.6) is 0 Å². The van der Waals surface area contributed by atoms with E-state index in [1.807, 2.05) is 7.05 Å². The summed E-state index contributed by atoms with van der Waals surface area (Å²) in [5.41, 5.74) is 0. The van der Waals surface area contributed by atoms with Gasteiger partial charge in [0.25, 0.3) is 0 Å². The molecule has 5 nitrogen and oxygen atoms in total. The van der Waals surface area contributed by atoms with E-state index in [0.29, 0.717) is 6.04 Å². The zero-order chi connectivity index (χ0) is 14.4. The van der Waals surface area contributed by atoms with Crippen LogP contribution in [0.15, 0.2) is 0 Å². The van der Waals surface area contributed by atoms with Crippen LogP contribution in [-0.4, -0.2) is 32.8 Å². The molecule has 2 rings (SSSR count). The summed E-state index contributed by atoms with van der Waals surface area (Å²) in [6, 6.07) is 0.511. The minimum absolute atomic E-state index is 0.511. The lowest BCUT2D eigenvalue weighted by Gasteiger charge is -2.33. The molecular weight excluding hydrogens is 250 g/mol. The van der Waals surface area contributed by atoms with Crippen LogP contribution in [-0.2, 0) is 13.5 Å². The van der Waals surface area contributed by atoms with Gasteiger partial charge in [0.15, 0.2) is 5.82 Å². The number of aryl methyl sites for hydroxylation is 1. The van der Waals surface area contributed by atoms with E-state index in [2.05, 4.69) is 34.6 Å². The molecule has 1 aromatic heterocycles. The molecule has 1 aliphatic rings. The molecule has 0 saturated heterocycles. The van der Waals surface area contributed by atoms with Gasteiger partial charge in [0.05, 0.1) is 7.05 Å². The first-order valence-electron chi connectivity index (χ1n) is 8.19. The highest BCUT2D eigenvalue weighted by Crippen LogP contribution is 2.33. The molecule has 0 aromatic carbocycles. The average molecular weight is 279 g/mol. The van der Waals surface area contributed by atoms with Crippen LogP contribution in [0, 0.1) is 11.8 Å². The van der Waals surface area contributed by atoms with Crippen molar-refractivity contribution in [1.82, 2.24) is 25.5 Å². The summed E-state index contributed by atoms with van der Waals surface area (Å²) in [5.74, 6) is 2.60. The van der Waals surface area contributed by atoms with Crippen molar-refractivity contribution >= 4 is 0 Å². The fourth-order valence-electron chi connectivity index (χ4n) is 3.34. The van der Waals surface area contributed by atoms with Gasteiger partial charge in [-0.2, -0.15) is 4.80 Å². The number of hydrogen-bond donors (Lipinski definition) is 1. The lowest BCUT2D eigenvalue weighted by atomic mass is 9.77. The molecule has 20 heavy (non-hydrogen) atoms. The van der Waals surface area contributed by atoms with E-state index in [1.165, 1.54) is 38.5 Å². The van der Waals surface area contributed by atoms with E-state index in [0.717, 1.165) is 30.6 Å². The van der Waals surface area contributed by atoms with Crippen LogP contribution < -0.4 is 5.32 Å². The Morgan fingerprint density at radius 1 is 1.25 bits per heavy atom. The van der Waals surface area contributed by atoms with Crippen molar-refractivity contribution in [3.05, 3.63) is 5.82 Å². The van der Waals surface area contributed by atoms with E-state index in [1.54, 1.807) is 4.80 Å². The Morgan fingerprint density at radius 3 is 2.55 bits per heavy atom. The van der Waals surface area contributed by atoms with Gasteiger partial charge in [-0.3, -0.25) is 0 Å². The molecule has 1 atom stereocenters. The Labute approximate surface area is 122 Å². The fourth-order valence-corrected chi connectivity index (χ4v) is 3.34. The third-order valence-corrected chi connectivity index (χ3v) is 4.65. The minimum Gasteiger partial charge on any atom is -0.313 e. The number of rotatable bonds is 7. The summed E-state index contributed by atoms with van der Waals surface area (Å²) >= 11 is 0. The van der Waals surface area contributed by atoms with Crippen molar-refractivity contribution in [3.8, 4) is 0 Å². The number of nitrogens with zero attached hydrogens (tertiary/aromatic N) is 4. The highest BCUT2D eigenvalue weighted by atomic mass is 15.6. The van der Waals surface area contributed by atoms with Gasteiger partial charge in [-0.25, -0.2) is 0 Å². The Kier molecular flexibility index (Phi) is 5.95. The van der Waals surface area contributed by atoms with Crippen molar-refractivity contribution in [3.63, 3.8) is 0 Å². The van der Waals surface area contributed by atoms with Gasteiger partial charge in [0, 0.05) is 12.5 Å². The molecule has 1 aromatic rings. The van der Waals surface area contributed by atoms with E-state index in [9.17, 15) is 0 Å². The van der Waals surface area contributed by atoms with Crippen molar-refractivity contribution in [2.24, 2.45) is 18.9 Å². The molecule has 0 spiro atoms. The normalized spacial score (nSPS) is 24.8. The van der Waals surface area contributed by atoms with E-state index >= 15 is 0 Å². The second-order valence-electron chi connectivity index (χ2n) is 6.15. The first kappa shape index (κ1) is 15.4. The molecule has 1 heterocycles. The molecule has 0 aliphatic heterocycles. The third kappa shape index (κ3) is 4.27. The van der Waals surface area contributed by atoms with E-state index < -0.39 is 0 Å². The summed E-state index contributed by atoms with van der Waals surface area (Å²) in [4.78, 5) is 1.56. The van der Waals surface area contributed by atoms with Crippen LogP contribution in [0.25, 0.3) is 0 Å². The van der Waals surface area contributed by atoms with E-state index in [4.69, 9.17) is 0 Å². The van der Waals surface area contributed by atoms with Crippen molar-refractivity contribution in [2.75, 3.05) is 6.54 Å². The quantitative estimate of drug-likeness (QED) is 0.832. The van der Waals surface area contributed by atoms with Crippen LogP contribution in [0.1, 0.15) is 58.2 Å². The topological polar surface area (TPSA) is 55.6 Å². The summed E-state index contributed by atoms with van der Waals surface area (Å²) in [7, 11) is 1.83. The van der Waals surface area contributed by atoms with Gasteiger partial charge in [-0.15, -0.1) is 10.2 Å². The van der Waals surface area contributed by atoms with Gasteiger partial charge < -0.3 is 5.32 Å². The van der Waals surface area contributed by atoms with Crippen molar-refractivity contribution < 1.29 is 0 Å². The zero-order valence-electron chi connectivity index (χ0n) is 13.2. The number of nitrogens with one attached hydrogen (secondary N) is 1. The first-order valence-corrected chi connectivity index (χ1v) is 8.19. The van der Waals surface area contributed by atoms with Crippen molar-refractivity contribution in [2.45, 2.75) is 64.8 Å². The molecular formula is C15H29N5. The van der Waals surface area contributed by atoms with Gasteiger partial charge in [0.1, 0.15) is 0 Å². The fraction of sp³-hybridized carbons (Fsp3) is 0.933. The van der Waals surface area contributed by atoms with Gasteiger partial charge >= 0.3 is 0 Å². The maximum atomic E-state index is 4.34. The zero-order valence-corrected chi connectivity index (χ0v) is 13.2. The standard InChI is InChI=1S/C15H29N5/c1-4-10-16-14(11-15-17-19-20(3)18-15)13-8-6-12(5-2)7-9-13/h12-14,16H,4-11H2,1-3H3. The molecule has 5 heteroatoms.